The lowest BCUT2D eigenvalue weighted by molar-refractivity contribution is -0.137. The van der Waals surface area contributed by atoms with Crippen molar-refractivity contribution in [2.45, 2.75) is 19.4 Å². The van der Waals surface area contributed by atoms with Gasteiger partial charge in [0.1, 0.15) is 11.8 Å². The summed E-state index contributed by atoms with van der Waals surface area (Å²) in [5.74, 6) is -0.800. The number of carboxylic acid groups (broad SMARTS) is 1. The van der Waals surface area contributed by atoms with Crippen LogP contribution in [0.25, 0.3) is 0 Å². The Hall–Kier alpha value is -1.76. The second kappa shape index (κ2) is 4.31. The molecule has 1 heterocycles. The summed E-state index contributed by atoms with van der Waals surface area (Å²) < 4.78 is 1.75. The normalized spacial score (nSPS) is 9.46. The lowest BCUT2D eigenvalue weighted by Gasteiger charge is -2.01. The minimum atomic E-state index is -0.800. The number of hydrogen-bond acceptors (Lipinski definition) is 2. The Morgan fingerprint density at radius 2 is 2.46 bits per heavy atom. The molecule has 1 aromatic heterocycles. The van der Waals surface area contributed by atoms with Crippen molar-refractivity contribution in [1.82, 2.24) is 4.57 Å². The molecule has 0 atom stereocenters. The van der Waals surface area contributed by atoms with Crippen LogP contribution < -0.4 is 0 Å². The highest BCUT2D eigenvalue weighted by molar-refractivity contribution is 5.66. The third-order valence-electron chi connectivity index (χ3n) is 1.73. The number of carbonyl (C=O) groups is 1. The SMILES string of the molecule is N#Cc1cccn1CCCC(=O)O. The maximum absolute atomic E-state index is 10.2. The van der Waals surface area contributed by atoms with Crippen LogP contribution >= 0.6 is 0 Å². The standard InChI is InChI=1S/C9H10N2O2/c10-7-8-3-1-5-11(8)6-2-4-9(12)13/h1,3,5H,2,4,6H2,(H,12,13). The van der Waals surface area contributed by atoms with Gasteiger partial charge in [0, 0.05) is 19.2 Å². The summed E-state index contributed by atoms with van der Waals surface area (Å²) in [6.45, 7) is 0.586. The van der Waals surface area contributed by atoms with Gasteiger partial charge in [-0.15, -0.1) is 0 Å². The van der Waals surface area contributed by atoms with Crippen molar-refractivity contribution in [3.63, 3.8) is 0 Å². The van der Waals surface area contributed by atoms with Gasteiger partial charge < -0.3 is 9.67 Å². The van der Waals surface area contributed by atoms with Crippen LogP contribution in [0.1, 0.15) is 18.5 Å². The Balaban J connectivity index is 2.46. The first kappa shape index (κ1) is 9.33. The number of aliphatic carboxylic acids is 1. The van der Waals surface area contributed by atoms with Gasteiger partial charge in [-0.05, 0) is 18.6 Å². The summed E-state index contributed by atoms with van der Waals surface area (Å²) in [6, 6.07) is 5.52. The second-order valence-electron chi connectivity index (χ2n) is 2.70. The molecule has 4 nitrogen and oxygen atoms in total. The van der Waals surface area contributed by atoms with Gasteiger partial charge in [0.25, 0.3) is 0 Å². The number of nitrogens with zero attached hydrogens (tertiary/aromatic N) is 2. The largest absolute Gasteiger partial charge is 0.481 e. The quantitative estimate of drug-likeness (QED) is 0.753. The highest BCUT2D eigenvalue weighted by Crippen LogP contribution is 2.02. The molecule has 13 heavy (non-hydrogen) atoms. The van der Waals surface area contributed by atoms with Crippen molar-refractivity contribution in [2.24, 2.45) is 0 Å². The van der Waals surface area contributed by atoms with Crippen LogP contribution in [0.3, 0.4) is 0 Å². The molecule has 68 valence electrons. The fraction of sp³-hybridized carbons (Fsp3) is 0.333. The van der Waals surface area contributed by atoms with Gasteiger partial charge in [0.05, 0.1) is 0 Å². The minimum absolute atomic E-state index is 0.142. The average molecular weight is 178 g/mol. The lowest BCUT2D eigenvalue weighted by Crippen LogP contribution is -2.02. The van der Waals surface area contributed by atoms with E-state index < -0.39 is 5.97 Å². The lowest BCUT2D eigenvalue weighted by atomic mass is 10.3. The molecule has 0 saturated heterocycles. The molecule has 0 saturated carbocycles. The highest BCUT2D eigenvalue weighted by Gasteiger charge is 2.00. The fourth-order valence-corrected chi connectivity index (χ4v) is 1.11. The zero-order valence-corrected chi connectivity index (χ0v) is 7.10. The fourth-order valence-electron chi connectivity index (χ4n) is 1.11. The van der Waals surface area contributed by atoms with Crippen molar-refractivity contribution < 1.29 is 9.90 Å². The summed E-state index contributed by atoms with van der Waals surface area (Å²) in [5, 5.41) is 17.0. The monoisotopic (exact) mass is 178 g/mol. The topological polar surface area (TPSA) is 66.0 Å². The summed E-state index contributed by atoms with van der Waals surface area (Å²) in [5.41, 5.74) is 0.574. The Morgan fingerprint density at radius 3 is 3.08 bits per heavy atom. The summed E-state index contributed by atoms with van der Waals surface area (Å²) >= 11 is 0. The molecule has 0 aromatic carbocycles. The van der Waals surface area contributed by atoms with Crippen LogP contribution in [0.4, 0.5) is 0 Å². The highest BCUT2D eigenvalue weighted by atomic mass is 16.4. The van der Waals surface area contributed by atoms with E-state index in [1.807, 2.05) is 6.07 Å². The molecule has 0 bridgehead atoms. The van der Waals surface area contributed by atoms with E-state index in [0.29, 0.717) is 18.7 Å². The van der Waals surface area contributed by atoms with Crippen molar-refractivity contribution in [2.75, 3.05) is 0 Å². The second-order valence-corrected chi connectivity index (χ2v) is 2.70. The maximum atomic E-state index is 10.2. The predicted octanol–water partition coefficient (Wildman–Crippen LogP) is 1.22. The van der Waals surface area contributed by atoms with E-state index in [1.54, 1.807) is 22.9 Å². The summed E-state index contributed by atoms with van der Waals surface area (Å²) in [6.07, 6.45) is 2.47. The van der Waals surface area contributed by atoms with Crippen LogP contribution in [0.15, 0.2) is 18.3 Å². The van der Waals surface area contributed by atoms with Crippen LogP contribution in [0.5, 0.6) is 0 Å². The van der Waals surface area contributed by atoms with Crippen LogP contribution in [0, 0.1) is 11.3 Å². The van der Waals surface area contributed by atoms with E-state index in [1.165, 1.54) is 0 Å². The van der Waals surface area contributed by atoms with Crippen LogP contribution in [-0.4, -0.2) is 15.6 Å². The smallest absolute Gasteiger partial charge is 0.303 e. The molecule has 1 aromatic rings. The Labute approximate surface area is 76.0 Å². The molecule has 0 amide bonds. The van der Waals surface area contributed by atoms with Crippen LogP contribution in [0.2, 0.25) is 0 Å². The Bertz CT molecular complexity index is 336. The van der Waals surface area contributed by atoms with Gasteiger partial charge in [-0.3, -0.25) is 4.79 Å². The molecule has 0 unspecified atom stereocenters. The van der Waals surface area contributed by atoms with E-state index in [-0.39, 0.29) is 6.42 Å². The van der Waals surface area contributed by atoms with E-state index in [0.717, 1.165) is 0 Å². The Kier molecular flexibility index (Phi) is 3.09. The van der Waals surface area contributed by atoms with Crippen LogP contribution in [-0.2, 0) is 11.3 Å². The number of carboxylic acids is 1. The molecule has 0 spiro atoms. The number of aromatic nitrogens is 1. The number of aryl methyl sites for hydroxylation is 1. The third-order valence-corrected chi connectivity index (χ3v) is 1.73. The van der Waals surface area contributed by atoms with Gasteiger partial charge >= 0.3 is 5.97 Å². The van der Waals surface area contributed by atoms with Gasteiger partial charge in [0.15, 0.2) is 0 Å². The molecule has 4 heteroatoms. The van der Waals surface area contributed by atoms with E-state index in [4.69, 9.17) is 10.4 Å². The Morgan fingerprint density at radius 1 is 1.69 bits per heavy atom. The molecule has 0 fully saturated rings. The van der Waals surface area contributed by atoms with Gasteiger partial charge in [-0.25, -0.2) is 0 Å². The summed E-state index contributed by atoms with van der Waals surface area (Å²) in [7, 11) is 0. The van der Waals surface area contributed by atoms with Gasteiger partial charge in [-0.1, -0.05) is 0 Å². The number of rotatable bonds is 4. The molecule has 0 aliphatic heterocycles. The number of nitriles is 1. The molecule has 1 rings (SSSR count). The average Bonchev–Trinajstić information content (AvgIpc) is 2.51. The van der Waals surface area contributed by atoms with E-state index in [2.05, 4.69) is 0 Å². The summed E-state index contributed by atoms with van der Waals surface area (Å²) in [4.78, 5) is 10.2. The predicted molar refractivity (Wildman–Crippen MR) is 46.0 cm³/mol. The zero-order chi connectivity index (χ0) is 9.68. The maximum Gasteiger partial charge on any atom is 0.303 e. The van der Waals surface area contributed by atoms with Crippen molar-refractivity contribution in [3.8, 4) is 6.07 Å². The first-order chi connectivity index (χ1) is 6.24. The van der Waals surface area contributed by atoms with Crippen molar-refractivity contribution in [3.05, 3.63) is 24.0 Å². The molecule has 0 aliphatic rings. The molecular formula is C9H10N2O2. The van der Waals surface area contributed by atoms with Crippen molar-refractivity contribution in [1.29, 1.82) is 5.26 Å². The molecule has 1 N–H and O–H groups in total. The number of hydrogen-bond donors (Lipinski definition) is 1. The van der Waals surface area contributed by atoms with Gasteiger partial charge in [0.2, 0.25) is 0 Å². The molecule has 0 radical (unpaired) electrons. The first-order valence-electron chi connectivity index (χ1n) is 4.01. The van der Waals surface area contributed by atoms with Gasteiger partial charge in [-0.2, -0.15) is 5.26 Å². The van der Waals surface area contributed by atoms with Crippen molar-refractivity contribution >= 4 is 5.97 Å². The minimum Gasteiger partial charge on any atom is -0.481 e. The zero-order valence-electron chi connectivity index (χ0n) is 7.10. The third kappa shape index (κ3) is 2.64. The van der Waals surface area contributed by atoms with E-state index >= 15 is 0 Å². The molecule has 0 aliphatic carbocycles. The first-order valence-corrected chi connectivity index (χ1v) is 4.01. The van der Waals surface area contributed by atoms with E-state index in [9.17, 15) is 4.79 Å². The molecular weight excluding hydrogens is 168 g/mol.